The van der Waals surface area contributed by atoms with Crippen molar-refractivity contribution >= 4 is 5.78 Å². The second-order valence-electron chi connectivity index (χ2n) is 4.72. The monoisotopic (exact) mass is 213 g/mol. The third kappa shape index (κ3) is 4.31. The fourth-order valence-corrected chi connectivity index (χ4v) is 1.95. The number of carbonyl (C=O) groups excluding carboxylic acids is 1. The molecule has 1 saturated heterocycles. The van der Waals surface area contributed by atoms with Gasteiger partial charge >= 0.3 is 0 Å². The molecule has 1 unspecified atom stereocenters. The lowest BCUT2D eigenvalue weighted by molar-refractivity contribution is -0.137. The Labute approximate surface area is 92.8 Å². The fraction of sp³-hybridized carbons (Fsp3) is 0.917. The first kappa shape index (κ1) is 12.7. The van der Waals surface area contributed by atoms with Crippen molar-refractivity contribution in [3.05, 3.63) is 0 Å². The van der Waals surface area contributed by atoms with Gasteiger partial charge in [-0.1, -0.05) is 20.8 Å². The maximum atomic E-state index is 11.8. The van der Waals surface area contributed by atoms with Crippen molar-refractivity contribution in [2.24, 2.45) is 5.92 Å². The molecule has 0 aromatic heterocycles. The number of ketones is 1. The van der Waals surface area contributed by atoms with Crippen LogP contribution in [0.5, 0.6) is 0 Å². The molecule has 0 amide bonds. The summed E-state index contributed by atoms with van der Waals surface area (Å²) in [5.41, 5.74) is 0. The van der Waals surface area contributed by atoms with Crippen LogP contribution in [-0.4, -0.2) is 43.0 Å². The zero-order valence-electron chi connectivity index (χ0n) is 10.2. The summed E-state index contributed by atoms with van der Waals surface area (Å²) in [5.74, 6) is 0.702. The van der Waals surface area contributed by atoms with Crippen molar-refractivity contribution in [2.45, 2.75) is 39.7 Å². The summed E-state index contributed by atoms with van der Waals surface area (Å²) < 4.78 is 5.53. The van der Waals surface area contributed by atoms with Crippen LogP contribution in [0, 0.1) is 5.92 Å². The Bertz CT molecular complexity index is 202. The molecule has 1 atom stereocenters. The van der Waals surface area contributed by atoms with Gasteiger partial charge in [-0.3, -0.25) is 9.69 Å². The van der Waals surface area contributed by atoms with Gasteiger partial charge in [0.15, 0.2) is 5.78 Å². The molecule has 0 aromatic carbocycles. The van der Waals surface area contributed by atoms with Gasteiger partial charge in [-0.2, -0.15) is 0 Å². The molecule has 0 saturated carbocycles. The number of Topliss-reactive ketones (excluding diaryl/α,β-unsaturated/α-hetero) is 1. The molecule has 1 fully saturated rings. The molecule has 0 N–H and O–H groups in total. The van der Waals surface area contributed by atoms with Crippen LogP contribution in [0.2, 0.25) is 0 Å². The standard InChI is InChI=1S/C12H23NO2/c1-4-5-13-6-7-15-12(9-13)11(14)8-10(2)3/h10,12H,4-9H2,1-3H3. The molecule has 3 heteroatoms. The second-order valence-corrected chi connectivity index (χ2v) is 4.72. The zero-order valence-corrected chi connectivity index (χ0v) is 10.2. The van der Waals surface area contributed by atoms with Gasteiger partial charge in [0.05, 0.1) is 6.61 Å². The Morgan fingerprint density at radius 3 is 2.87 bits per heavy atom. The van der Waals surface area contributed by atoms with E-state index in [-0.39, 0.29) is 11.9 Å². The molecule has 1 heterocycles. The van der Waals surface area contributed by atoms with Gasteiger partial charge in [0.25, 0.3) is 0 Å². The maximum Gasteiger partial charge on any atom is 0.163 e. The number of morpholine rings is 1. The highest BCUT2D eigenvalue weighted by Crippen LogP contribution is 2.11. The number of rotatable bonds is 5. The summed E-state index contributed by atoms with van der Waals surface area (Å²) >= 11 is 0. The zero-order chi connectivity index (χ0) is 11.3. The van der Waals surface area contributed by atoms with Crippen LogP contribution in [0.25, 0.3) is 0 Å². The minimum Gasteiger partial charge on any atom is -0.368 e. The largest absolute Gasteiger partial charge is 0.368 e. The van der Waals surface area contributed by atoms with Crippen LogP contribution in [0.4, 0.5) is 0 Å². The van der Waals surface area contributed by atoms with E-state index in [1.54, 1.807) is 0 Å². The lowest BCUT2D eigenvalue weighted by Gasteiger charge is -2.32. The van der Waals surface area contributed by atoms with E-state index < -0.39 is 0 Å². The minimum atomic E-state index is -0.173. The molecule has 1 aliphatic rings. The number of nitrogens with zero attached hydrogens (tertiary/aromatic N) is 1. The number of carbonyl (C=O) groups is 1. The van der Waals surface area contributed by atoms with Crippen molar-refractivity contribution in [3.63, 3.8) is 0 Å². The van der Waals surface area contributed by atoms with Crippen LogP contribution in [0.15, 0.2) is 0 Å². The Kier molecular flexibility index (Phi) is 5.26. The highest BCUT2D eigenvalue weighted by molar-refractivity contribution is 5.83. The third-order valence-corrected chi connectivity index (χ3v) is 2.66. The number of ether oxygens (including phenoxy) is 1. The lowest BCUT2D eigenvalue weighted by Crippen LogP contribution is -2.46. The van der Waals surface area contributed by atoms with Crippen molar-refractivity contribution < 1.29 is 9.53 Å². The van der Waals surface area contributed by atoms with Gasteiger partial charge in [-0.25, -0.2) is 0 Å². The first-order chi connectivity index (χ1) is 7.13. The maximum absolute atomic E-state index is 11.8. The second kappa shape index (κ2) is 6.23. The van der Waals surface area contributed by atoms with Gasteiger partial charge < -0.3 is 4.74 Å². The highest BCUT2D eigenvalue weighted by atomic mass is 16.5. The van der Waals surface area contributed by atoms with Crippen LogP contribution in [0.1, 0.15) is 33.6 Å². The van der Waals surface area contributed by atoms with Crippen LogP contribution >= 0.6 is 0 Å². The van der Waals surface area contributed by atoms with E-state index in [4.69, 9.17) is 4.74 Å². The van der Waals surface area contributed by atoms with E-state index in [0.29, 0.717) is 18.9 Å². The average Bonchev–Trinajstić information content (AvgIpc) is 2.17. The van der Waals surface area contributed by atoms with Gasteiger partial charge in [0.2, 0.25) is 0 Å². The highest BCUT2D eigenvalue weighted by Gasteiger charge is 2.26. The van der Waals surface area contributed by atoms with Gasteiger partial charge in [-0.05, 0) is 18.9 Å². The molecule has 0 radical (unpaired) electrons. The molecule has 1 aliphatic heterocycles. The molecule has 88 valence electrons. The Morgan fingerprint density at radius 2 is 2.27 bits per heavy atom. The summed E-state index contributed by atoms with van der Waals surface area (Å²) in [6.45, 7) is 9.86. The number of hydrogen-bond acceptors (Lipinski definition) is 3. The van der Waals surface area contributed by atoms with E-state index in [1.807, 2.05) is 0 Å². The normalized spacial score (nSPS) is 23.3. The molecular formula is C12H23NO2. The van der Waals surface area contributed by atoms with Crippen molar-refractivity contribution in [1.82, 2.24) is 4.90 Å². The molecule has 0 spiro atoms. The molecule has 1 rings (SSSR count). The fourth-order valence-electron chi connectivity index (χ4n) is 1.95. The van der Waals surface area contributed by atoms with E-state index >= 15 is 0 Å². The third-order valence-electron chi connectivity index (χ3n) is 2.66. The van der Waals surface area contributed by atoms with Gasteiger partial charge in [0, 0.05) is 19.5 Å². The summed E-state index contributed by atoms with van der Waals surface area (Å²) in [4.78, 5) is 14.1. The minimum absolute atomic E-state index is 0.173. The summed E-state index contributed by atoms with van der Waals surface area (Å²) in [6, 6.07) is 0. The quantitative estimate of drug-likeness (QED) is 0.696. The van der Waals surface area contributed by atoms with E-state index in [9.17, 15) is 4.79 Å². The molecule has 0 bridgehead atoms. The summed E-state index contributed by atoms with van der Waals surface area (Å²) in [5, 5.41) is 0. The Hall–Kier alpha value is -0.410. The molecule has 3 nitrogen and oxygen atoms in total. The predicted molar refractivity (Wildman–Crippen MR) is 60.9 cm³/mol. The van der Waals surface area contributed by atoms with E-state index in [1.165, 1.54) is 0 Å². The molecule has 0 aromatic rings. The van der Waals surface area contributed by atoms with Crippen LogP contribution < -0.4 is 0 Å². The molecule has 0 aliphatic carbocycles. The SMILES string of the molecule is CCCN1CCOC(C(=O)CC(C)C)C1. The van der Waals surface area contributed by atoms with Crippen LogP contribution in [-0.2, 0) is 9.53 Å². The average molecular weight is 213 g/mol. The molecular weight excluding hydrogens is 190 g/mol. The number of hydrogen-bond donors (Lipinski definition) is 0. The van der Waals surface area contributed by atoms with Gasteiger partial charge in [0.1, 0.15) is 6.10 Å². The topological polar surface area (TPSA) is 29.5 Å². The molecule has 15 heavy (non-hydrogen) atoms. The van der Waals surface area contributed by atoms with Gasteiger partial charge in [-0.15, -0.1) is 0 Å². The first-order valence-electron chi connectivity index (χ1n) is 6.00. The Morgan fingerprint density at radius 1 is 1.53 bits per heavy atom. The summed E-state index contributed by atoms with van der Waals surface area (Å²) in [7, 11) is 0. The lowest BCUT2D eigenvalue weighted by atomic mass is 10.0. The van der Waals surface area contributed by atoms with Crippen molar-refractivity contribution in [1.29, 1.82) is 0 Å². The van der Waals surface area contributed by atoms with Crippen molar-refractivity contribution in [2.75, 3.05) is 26.2 Å². The predicted octanol–water partition coefficient (Wildman–Crippen LogP) is 1.71. The Balaban J connectivity index is 2.38. The van der Waals surface area contributed by atoms with Crippen molar-refractivity contribution in [3.8, 4) is 0 Å². The summed E-state index contributed by atoms with van der Waals surface area (Å²) in [6.07, 6.45) is 1.61. The van der Waals surface area contributed by atoms with E-state index in [0.717, 1.165) is 26.1 Å². The van der Waals surface area contributed by atoms with Crippen LogP contribution in [0.3, 0.4) is 0 Å². The van der Waals surface area contributed by atoms with E-state index in [2.05, 4.69) is 25.7 Å². The first-order valence-corrected chi connectivity index (χ1v) is 6.00. The smallest absolute Gasteiger partial charge is 0.163 e.